The summed E-state index contributed by atoms with van der Waals surface area (Å²) in [4.78, 5) is 15.0. The standard InChI is InChI=1S/C27H39NO/c1-16-5-8-23-17(2)25-24(28(23)15-16)14-22-20-7-6-18-13-19(29)9-11-26(18,3)21(20)10-12-27(22,25)4/h8,13,16-17,20-22,24-25H,5-7,9-12,14-15H2,1-4H3/t16-,17+,20+,21-,22-,24?,25?,26-,27-/m0/s1. The molecule has 2 nitrogen and oxygen atoms in total. The van der Waals surface area contributed by atoms with Crippen molar-refractivity contribution in [3.05, 3.63) is 23.4 Å². The highest BCUT2D eigenvalue weighted by molar-refractivity contribution is 5.91. The number of carbonyl (C=O) groups excluding carboxylic acids is 1. The van der Waals surface area contributed by atoms with E-state index in [-0.39, 0.29) is 0 Å². The van der Waals surface area contributed by atoms with Gasteiger partial charge in [0.2, 0.25) is 0 Å². The van der Waals surface area contributed by atoms with Gasteiger partial charge in [-0.15, -0.1) is 0 Å². The lowest BCUT2D eigenvalue weighted by Gasteiger charge is -2.58. The first kappa shape index (κ1) is 18.7. The molecule has 2 aliphatic heterocycles. The predicted octanol–water partition coefficient (Wildman–Crippen LogP) is 5.99. The lowest BCUT2D eigenvalue weighted by molar-refractivity contribution is -0.117. The van der Waals surface area contributed by atoms with Gasteiger partial charge in [0.15, 0.2) is 5.78 Å². The van der Waals surface area contributed by atoms with Gasteiger partial charge in [-0.05, 0) is 91.4 Å². The van der Waals surface area contributed by atoms with E-state index >= 15 is 0 Å². The van der Waals surface area contributed by atoms with Crippen molar-refractivity contribution in [1.29, 1.82) is 0 Å². The molecule has 3 saturated carbocycles. The number of nitrogens with zero attached hydrogens (tertiary/aromatic N) is 1. The smallest absolute Gasteiger partial charge is 0.155 e. The highest BCUT2D eigenvalue weighted by Crippen LogP contribution is 2.70. The molecule has 9 atom stereocenters. The van der Waals surface area contributed by atoms with Crippen molar-refractivity contribution in [1.82, 2.24) is 4.90 Å². The number of carbonyl (C=O) groups is 1. The van der Waals surface area contributed by atoms with Crippen LogP contribution in [0.3, 0.4) is 0 Å². The van der Waals surface area contributed by atoms with Gasteiger partial charge in [-0.25, -0.2) is 0 Å². The molecule has 2 heterocycles. The molecule has 29 heavy (non-hydrogen) atoms. The Bertz CT molecular complexity index is 809. The third kappa shape index (κ3) is 2.32. The minimum Gasteiger partial charge on any atom is -0.371 e. The maximum Gasteiger partial charge on any atom is 0.155 e. The number of hydrogen-bond acceptors (Lipinski definition) is 2. The third-order valence-electron chi connectivity index (χ3n) is 11.0. The van der Waals surface area contributed by atoms with Crippen LogP contribution in [0.2, 0.25) is 0 Å². The summed E-state index contributed by atoms with van der Waals surface area (Å²) in [6.07, 6.45) is 14.6. The summed E-state index contributed by atoms with van der Waals surface area (Å²) in [5.74, 6) is 5.42. The first-order chi connectivity index (χ1) is 13.8. The average molecular weight is 394 g/mol. The van der Waals surface area contributed by atoms with Crippen LogP contribution in [-0.2, 0) is 4.79 Å². The second-order valence-corrected chi connectivity index (χ2v) is 12.3. The number of hydrogen-bond donors (Lipinski definition) is 0. The van der Waals surface area contributed by atoms with Crippen molar-refractivity contribution in [3.8, 4) is 0 Å². The summed E-state index contributed by atoms with van der Waals surface area (Å²) in [7, 11) is 0. The highest BCUT2D eigenvalue weighted by Gasteiger charge is 2.65. The fourth-order valence-electron chi connectivity index (χ4n) is 9.75. The van der Waals surface area contributed by atoms with Crippen molar-refractivity contribution >= 4 is 5.78 Å². The summed E-state index contributed by atoms with van der Waals surface area (Å²) in [5, 5.41) is 0. The zero-order valence-electron chi connectivity index (χ0n) is 18.9. The second-order valence-electron chi connectivity index (χ2n) is 12.3. The van der Waals surface area contributed by atoms with Gasteiger partial charge >= 0.3 is 0 Å². The first-order valence-electron chi connectivity index (χ1n) is 12.5. The second kappa shape index (κ2) is 6.01. The SMILES string of the molecule is C[C@H]1CC=C2[C@@H](C)C3C(C[C@H]4[C@@H]5CCC6=CC(=O)CC[C@]6(C)[C@H]5CC[C@]34C)N2C1. The summed E-state index contributed by atoms with van der Waals surface area (Å²) in [6.45, 7) is 11.5. The molecule has 0 aromatic heterocycles. The van der Waals surface area contributed by atoms with Crippen LogP contribution in [-0.4, -0.2) is 23.3 Å². The van der Waals surface area contributed by atoms with E-state index in [0.717, 1.165) is 54.4 Å². The molecule has 4 aliphatic carbocycles. The Morgan fingerprint density at radius 3 is 2.72 bits per heavy atom. The molecule has 0 N–H and O–H groups in total. The van der Waals surface area contributed by atoms with Crippen molar-refractivity contribution in [2.45, 2.75) is 85.1 Å². The molecule has 0 bridgehead atoms. The predicted molar refractivity (Wildman–Crippen MR) is 117 cm³/mol. The van der Waals surface area contributed by atoms with Crippen LogP contribution >= 0.6 is 0 Å². The molecular weight excluding hydrogens is 354 g/mol. The maximum absolute atomic E-state index is 12.1. The first-order valence-corrected chi connectivity index (χ1v) is 12.5. The van der Waals surface area contributed by atoms with Gasteiger partial charge < -0.3 is 4.90 Å². The zero-order chi connectivity index (χ0) is 20.1. The summed E-state index contributed by atoms with van der Waals surface area (Å²) in [6, 6.07) is 0.797. The summed E-state index contributed by atoms with van der Waals surface area (Å²) < 4.78 is 0. The van der Waals surface area contributed by atoms with Crippen LogP contribution in [0, 0.1) is 46.3 Å². The molecule has 2 unspecified atom stereocenters. The molecule has 0 amide bonds. The van der Waals surface area contributed by atoms with E-state index in [1.54, 1.807) is 5.70 Å². The number of fused-ring (bicyclic) bond motifs is 9. The van der Waals surface area contributed by atoms with Crippen LogP contribution in [0.4, 0.5) is 0 Å². The Balaban J connectivity index is 1.35. The number of ketones is 1. The van der Waals surface area contributed by atoms with Crippen molar-refractivity contribution in [2.24, 2.45) is 46.3 Å². The topological polar surface area (TPSA) is 20.3 Å². The van der Waals surface area contributed by atoms with Gasteiger partial charge in [-0.3, -0.25) is 4.79 Å². The van der Waals surface area contributed by atoms with E-state index in [2.05, 4.69) is 44.7 Å². The quantitative estimate of drug-likeness (QED) is 0.504. The van der Waals surface area contributed by atoms with E-state index in [9.17, 15) is 4.79 Å². The van der Waals surface area contributed by atoms with Gasteiger partial charge in [0.05, 0.1) is 0 Å². The number of allylic oxidation sites excluding steroid dienone is 3. The van der Waals surface area contributed by atoms with E-state index in [1.165, 1.54) is 50.6 Å². The van der Waals surface area contributed by atoms with Gasteiger partial charge in [-0.2, -0.15) is 0 Å². The molecule has 4 fully saturated rings. The van der Waals surface area contributed by atoms with Crippen LogP contribution < -0.4 is 0 Å². The summed E-state index contributed by atoms with van der Waals surface area (Å²) in [5.41, 5.74) is 4.05. The molecule has 6 rings (SSSR count). The molecule has 1 saturated heterocycles. The number of rotatable bonds is 0. The maximum atomic E-state index is 12.1. The third-order valence-corrected chi connectivity index (χ3v) is 11.0. The monoisotopic (exact) mass is 393 g/mol. The largest absolute Gasteiger partial charge is 0.371 e. The minimum atomic E-state index is 0.312. The van der Waals surface area contributed by atoms with Gasteiger partial charge in [0.25, 0.3) is 0 Å². The lowest BCUT2D eigenvalue weighted by atomic mass is 9.46. The van der Waals surface area contributed by atoms with Crippen molar-refractivity contribution in [3.63, 3.8) is 0 Å². The van der Waals surface area contributed by atoms with Crippen molar-refractivity contribution in [2.75, 3.05) is 6.54 Å². The Kier molecular flexibility index (Phi) is 3.88. The molecule has 6 aliphatic rings. The molecule has 0 aromatic rings. The Morgan fingerprint density at radius 1 is 1.07 bits per heavy atom. The zero-order valence-corrected chi connectivity index (χ0v) is 18.9. The van der Waals surface area contributed by atoms with Crippen LogP contribution in [0.15, 0.2) is 23.4 Å². The lowest BCUT2D eigenvalue weighted by Crippen LogP contribution is -2.50. The van der Waals surface area contributed by atoms with E-state index < -0.39 is 0 Å². The molecule has 2 heteroatoms. The molecule has 0 spiro atoms. The van der Waals surface area contributed by atoms with E-state index in [1.807, 2.05) is 0 Å². The minimum absolute atomic E-state index is 0.312. The Hall–Kier alpha value is -1.05. The summed E-state index contributed by atoms with van der Waals surface area (Å²) >= 11 is 0. The van der Waals surface area contributed by atoms with Gasteiger partial charge in [-0.1, -0.05) is 39.3 Å². The Morgan fingerprint density at radius 2 is 1.90 bits per heavy atom. The molecule has 158 valence electrons. The molecular formula is C27H39NO. The van der Waals surface area contributed by atoms with Crippen LogP contribution in [0.25, 0.3) is 0 Å². The average Bonchev–Trinajstić information content (AvgIpc) is 3.15. The van der Waals surface area contributed by atoms with Gasteiger partial charge in [0.1, 0.15) is 0 Å². The molecule has 0 radical (unpaired) electrons. The van der Waals surface area contributed by atoms with E-state index in [0.29, 0.717) is 16.6 Å². The van der Waals surface area contributed by atoms with Crippen molar-refractivity contribution < 1.29 is 4.79 Å². The van der Waals surface area contributed by atoms with Crippen LogP contribution in [0.1, 0.15) is 79.1 Å². The highest BCUT2D eigenvalue weighted by atomic mass is 16.1. The molecule has 0 aromatic carbocycles. The fourth-order valence-corrected chi connectivity index (χ4v) is 9.75. The fraction of sp³-hybridized carbons (Fsp3) is 0.815. The normalized spacial score (nSPS) is 53.3. The van der Waals surface area contributed by atoms with E-state index in [4.69, 9.17) is 0 Å². The van der Waals surface area contributed by atoms with Gasteiger partial charge in [0, 0.05) is 30.6 Å². The van der Waals surface area contributed by atoms with Crippen LogP contribution in [0.5, 0.6) is 0 Å². The Labute approximate surface area is 177 Å².